The maximum Gasteiger partial charge on any atom is 0.163 e. The van der Waals surface area contributed by atoms with Crippen LogP contribution in [-0.2, 0) is 18.7 Å². The topological polar surface area (TPSA) is 49.8 Å². The van der Waals surface area contributed by atoms with Crippen LogP contribution in [0.15, 0.2) is 57.4 Å². The minimum atomic E-state index is -1.33. The summed E-state index contributed by atoms with van der Waals surface area (Å²) in [5, 5.41) is 10.9. The highest BCUT2D eigenvalue weighted by Crippen LogP contribution is 2.36. The fourth-order valence-corrected chi connectivity index (χ4v) is 2.83. The molecule has 0 atom stereocenters. The molecule has 25 heavy (non-hydrogen) atoms. The fourth-order valence-electron chi connectivity index (χ4n) is 2.83. The van der Waals surface area contributed by atoms with E-state index in [4.69, 9.17) is 8.83 Å². The molecule has 0 aromatic carbocycles. The predicted molar refractivity (Wildman–Crippen MR) is 100 cm³/mol. The minimum Gasteiger partial charge on any atom is -0.465 e. The molecule has 0 radical (unpaired) electrons. The predicted octanol–water partition coefficient (Wildman–Crippen LogP) is 4.93. The molecule has 0 aliphatic rings. The lowest BCUT2D eigenvalue weighted by Gasteiger charge is -2.27. The molecular weight excluding hydrogens is 314 g/mol. The maximum absolute atomic E-state index is 10.9. The summed E-state index contributed by atoms with van der Waals surface area (Å²) in [5.74, 6) is 3.08. The van der Waals surface area contributed by atoms with Crippen LogP contribution in [0.3, 0.4) is 0 Å². The first-order chi connectivity index (χ1) is 11.6. The Balaban J connectivity index is 2.20. The number of rotatable bonds is 8. The van der Waals surface area contributed by atoms with Gasteiger partial charge in [-0.15, -0.1) is 0 Å². The molecule has 0 spiro atoms. The van der Waals surface area contributed by atoms with Crippen molar-refractivity contribution in [3.63, 3.8) is 0 Å². The molecule has 0 amide bonds. The van der Waals surface area contributed by atoms with Gasteiger partial charge in [-0.3, -0.25) is 4.90 Å². The number of aryl methyl sites for hydroxylation is 1. The summed E-state index contributed by atoms with van der Waals surface area (Å²) in [5.41, 5.74) is -0.153. The smallest absolute Gasteiger partial charge is 0.163 e. The van der Waals surface area contributed by atoms with Crippen molar-refractivity contribution < 1.29 is 13.9 Å². The van der Waals surface area contributed by atoms with Crippen molar-refractivity contribution in [2.75, 3.05) is 0 Å². The molecule has 2 aromatic heterocycles. The van der Waals surface area contributed by atoms with Crippen LogP contribution in [0.1, 0.15) is 50.7 Å². The van der Waals surface area contributed by atoms with E-state index in [0.29, 0.717) is 36.0 Å². The van der Waals surface area contributed by atoms with Crippen molar-refractivity contribution in [3.05, 3.63) is 71.6 Å². The van der Waals surface area contributed by atoms with E-state index < -0.39 is 5.60 Å². The van der Waals surface area contributed by atoms with Crippen LogP contribution in [0.5, 0.6) is 0 Å². The summed E-state index contributed by atoms with van der Waals surface area (Å²) in [6.45, 7) is 18.9. The molecule has 0 fully saturated rings. The van der Waals surface area contributed by atoms with Gasteiger partial charge in [0.25, 0.3) is 0 Å². The zero-order valence-electron chi connectivity index (χ0n) is 15.9. The Kier molecular flexibility index (Phi) is 5.76. The number of nitrogens with zero attached hydrogens (tertiary/aromatic N) is 1. The lowest BCUT2D eigenvalue weighted by Crippen LogP contribution is -2.29. The first-order valence-corrected chi connectivity index (χ1v) is 8.57. The molecule has 2 heterocycles. The molecule has 0 bridgehead atoms. The second kappa shape index (κ2) is 7.46. The highest BCUT2D eigenvalue weighted by Gasteiger charge is 2.35. The maximum atomic E-state index is 10.9. The van der Waals surface area contributed by atoms with Crippen LogP contribution in [0.2, 0.25) is 0 Å². The van der Waals surface area contributed by atoms with Gasteiger partial charge in [0, 0.05) is 6.04 Å². The van der Waals surface area contributed by atoms with Crippen molar-refractivity contribution in [1.82, 2.24) is 4.90 Å². The van der Waals surface area contributed by atoms with E-state index in [2.05, 4.69) is 31.9 Å². The minimum absolute atomic E-state index is 0.320. The molecule has 4 nitrogen and oxygen atoms in total. The van der Waals surface area contributed by atoms with Crippen molar-refractivity contribution in [1.29, 1.82) is 0 Å². The molecule has 0 saturated carbocycles. The monoisotopic (exact) mass is 343 g/mol. The van der Waals surface area contributed by atoms with E-state index in [1.807, 2.05) is 25.1 Å². The van der Waals surface area contributed by atoms with Crippen molar-refractivity contribution >= 4 is 0 Å². The largest absolute Gasteiger partial charge is 0.465 e. The standard InChI is InChI=1S/C21H29NO3/c1-14(2)21(23,15(3)4)20-11-10-19(25-20)13-22(16(5)6)12-18-9-8-17(7)24-18/h8-11,16,23H,1,3,12-13H2,2,4-7H3. The quantitative estimate of drug-likeness (QED) is 0.690. The number of hydrogen-bond acceptors (Lipinski definition) is 4. The molecule has 0 saturated heterocycles. The third kappa shape index (κ3) is 4.14. The second-order valence-corrected chi connectivity index (χ2v) is 7.05. The Labute approximate surface area is 150 Å². The van der Waals surface area contributed by atoms with Crippen LogP contribution < -0.4 is 0 Å². The number of furan rings is 2. The molecule has 4 heteroatoms. The van der Waals surface area contributed by atoms with E-state index in [0.717, 1.165) is 17.3 Å². The summed E-state index contributed by atoms with van der Waals surface area (Å²) >= 11 is 0. The zero-order valence-corrected chi connectivity index (χ0v) is 15.9. The fraction of sp³-hybridized carbons (Fsp3) is 0.429. The van der Waals surface area contributed by atoms with Crippen LogP contribution in [0, 0.1) is 6.92 Å². The Bertz CT molecular complexity index is 737. The van der Waals surface area contributed by atoms with Crippen LogP contribution in [-0.4, -0.2) is 16.0 Å². The van der Waals surface area contributed by atoms with E-state index in [1.54, 1.807) is 19.9 Å². The van der Waals surface area contributed by atoms with E-state index in [-0.39, 0.29) is 0 Å². The number of hydrogen-bond donors (Lipinski definition) is 1. The van der Waals surface area contributed by atoms with Gasteiger partial charge in [-0.05, 0) is 70.0 Å². The van der Waals surface area contributed by atoms with Gasteiger partial charge in [-0.25, -0.2) is 0 Å². The lowest BCUT2D eigenvalue weighted by molar-refractivity contribution is 0.0864. The van der Waals surface area contributed by atoms with Crippen molar-refractivity contribution in [2.45, 2.75) is 59.4 Å². The van der Waals surface area contributed by atoms with E-state index in [9.17, 15) is 5.11 Å². The van der Waals surface area contributed by atoms with E-state index in [1.165, 1.54) is 0 Å². The average molecular weight is 343 g/mol. The Morgan fingerprint density at radius 1 is 1.04 bits per heavy atom. The normalized spacial score (nSPS) is 12.2. The molecule has 2 aromatic rings. The molecule has 1 N–H and O–H groups in total. The first-order valence-electron chi connectivity index (χ1n) is 8.57. The highest BCUT2D eigenvalue weighted by atomic mass is 16.4. The van der Waals surface area contributed by atoms with E-state index >= 15 is 0 Å². The lowest BCUT2D eigenvalue weighted by atomic mass is 9.87. The molecule has 0 aliphatic carbocycles. The zero-order chi connectivity index (χ0) is 18.8. The van der Waals surface area contributed by atoms with Gasteiger partial charge in [0.1, 0.15) is 23.0 Å². The highest BCUT2D eigenvalue weighted by molar-refractivity contribution is 5.35. The van der Waals surface area contributed by atoms with Gasteiger partial charge < -0.3 is 13.9 Å². The van der Waals surface area contributed by atoms with Gasteiger partial charge in [-0.1, -0.05) is 13.2 Å². The molecular formula is C21H29NO3. The summed E-state index contributed by atoms with van der Waals surface area (Å²) in [6.07, 6.45) is 0. The molecule has 2 rings (SSSR count). The summed E-state index contributed by atoms with van der Waals surface area (Å²) in [7, 11) is 0. The van der Waals surface area contributed by atoms with Gasteiger partial charge in [0.15, 0.2) is 5.60 Å². The Morgan fingerprint density at radius 2 is 1.56 bits per heavy atom. The summed E-state index contributed by atoms with van der Waals surface area (Å²) < 4.78 is 11.6. The Morgan fingerprint density at radius 3 is 2.00 bits per heavy atom. The third-order valence-corrected chi connectivity index (χ3v) is 4.50. The Hall–Kier alpha value is -2.04. The van der Waals surface area contributed by atoms with Crippen molar-refractivity contribution in [3.8, 4) is 0 Å². The molecule has 0 unspecified atom stereocenters. The first kappa shape index (κ1) is 19.3. The second-order valence-electron chi connectivity index (χ2n) is 7.05. The SMILES string of the molecule is C=C(C)C(O)(C(=C)C)c1ccc(CN(Cc2ccc(C)o2)C(C)C)o1. The third-order valence-electron chi connectivity index (χ3n) is 4.50. The number of aliphatic hydroxyl groups is 1. The summed E-state index contributed by atoms with van der Waals surface area (Å²) in [4.78, 5) is 2.25. The van der Waals surface area contributed by atoms with Crippen LogP contribution >= 0.6 is 0 Å². The average Bonchev–Trinajstić information content (AvgIpc) is 3.14. The molecule has 136 valence electrons. The van der Waals surface area contributed by atoms with Gasteiger partial charge in [0.05, 0.1) is 13.1 Å². The van der Waals surface area contributed by atoms with Crippen LogP contribution in [0.25, 0.3) is 0 Å². The van der Waals surface area contributed by atoms with Gasteiger partial charge in [0.2, 0.25) is 0 Å². The summed E-state index contributed by atoms with van der Waals surface area (Å²) in [6, 6.07) is 7.99. The van der Waals surface area contributed by atoms with Crippen molar-refractivity contribution in [2.24, 2.45) is 0 Å². The van der Waals surface area contributed by atoms with Crippen LogP contribution in [0.4, 0.5) is 0 Å². The van der Waals surface area contributed by atoms with Gasteiger partial charge in [-0.2, -0.15) is 0 Å². The van der Waals surface area contributed by atoms with Gasteiger partial charge >= 0.3 is 0 Å². The molecule has 0 aliphatic heterocycles.